The molecule has 1 amide bonds. The summed E-state index contributed by atoms with van der Waals surface area (Å²) in [6.45, 7) is 0. The highest BCUT2D eigenvalue weighted by atomic mass is 32.2. The van der Waals surface area contributed by atoms with Crippen LogP contribution in [0.25, 0.3) is 0 Å². The normalized spacial score (nSPS) is 31.7. The van der Waals surface area contributed by atoms with Crippen LogP contribution in [0.2, 0.25) is 0 Å². The Balaban J connectivity index is 1.65. The quantitative estimate of drug-likeness (QED) is 0.766. The minimum atomic E-state index is -2.89. The van der Waals surface area contributed by atoms with Crippen LogP contribution in [-0.2, 0) is 19.4 Å². The standard InChI is InChI=1S/C13H21NO5S2/c15-12(7-20-11-5-6-21(18,19)8-11)14-10-3-1-9(2-4-10)13(16)17/h9-11H,1-8H2,(H,14,15)(H,16,17). The molecule has 2 fully saturated rings. The van der Waals surface area contributed by atoms with E-state index < -0.39 is 15.8 Å². The van der Waals surface area contributed by atoms with Crippen LogP contribution >= 0.6 is 11.8 Å². The Morgan fingerprint density at radius 3 is 2.33 bits per heavy atom. The summed E-state index contributed by atoms with van der Waals surface area (Å²) < 4.78 is 22.7. The number of carboxylic acids is 1. The molecule has 2 N–H and O–H groups in total. The number of thioether (sulfide) groups is 1. The molecule has 1 saturated heterocycles. The van der Waals surface area contributed by atoms with Gasteiger partial charge in [0.1, 0.15) is 0 Å². The van der Waals surface area contributed by atoms with Crippen molar-refractivity contribution in [2.45, 2.75) is 43.4 Å². The number of nitrogens with one attached hydrogen (secondary N) is 1. The average molecular weight is 335 g/mol. The Bertz CT molecular complexity index is 497. The molecule has 1 aliphatic heterocycles. The van der Waals surface area contributed by atoms with Crippen molar-refractivity contribution in [3.05, 3.63) is 0 Å². The van der Waals surface area contributed by atoms with E-state index in [0.717, 1.165) is 0 Å². The van der Waals surface area contributed by atoms with Gasteiger partial charge in [0.2, 0.25) is 5.91 Å². The molecule has 0 aromatic rings. The maximum absolute atomic E-state index is 11.8. The fraction of sp³-hybridized carbons (Fsp3) is 0.846. The summed E-state index contributed by atoms with van der Waals surface area (Å²) in [4.78, 5) is 22.7. The molecule has 1 unspecified atom stereocenters. The third kappa shape index (κ3) is 5.18. The van der Waals surface area contributed by atoms with Crippen LogP contribution in [-0.4, -0.2) is 54.0 Å². The Morgan fingerprint density at radius 2 is 1.81 bits per heavy atom. The monoisotopic (exact) mass is 335 g/mol. The first-order chi connectivity index (χ1) is 9.85. The van der Waals surface area contributed by atoms with Gasteiger partial charge in [-0.05, 0) is 32.1 Å². The molecule has 6 nitrogen and oxygen atoms in total. The van der Waals surface area contributed by atoms with Gasteiger partial charge in [-0.3, -0.25) is 9.59 Å². The molecule has 120 valence electrons. The Labute approximate surface area is 129 Å². The van der Waals surface area contributed by atoms with Gasteiger partial charge in [-0.1, -0.05) is 0 Å². The first kappa shape index (κ1) is 16.6. The number of hydrogen-bond donors (Lipinski definition) is 2. The van der Waals surface area contributed by atoms with Gasteiger partial charge in [0, 0.05) is 11.3 Å². The van der Waals surface area contributed by atoms with Gasteiger partial charge in [-0.15, -0.1) is 11.8 Å². The summed E-state index contributed by atoms with van der Waals surface area (Å²) in [5.41, 5.74) is 0. The van der Waals surface area contributed by atoms with Crippen LogP contribution in [0.3, 0.4) is 0 Å². The molecule has 1 saturated carbocycles. The number of carboxylic acid groups (broad SMARTS) is 1. The van der Waals surface area contributed by atoms with E-state index in [-0.39, 0.29) is 40.4 Å². The van der Waals surface area contributed by atoms with Crippen molar-refractivity contribution in [2.24, 2.45) is 5.92 Å². The molecule has 2 aliphatic rings. The van der Waals surface area contributed by atoms with Crippen LogP contribution in [0.4, 0.5) is 0 Å². The number of amides is 1. The van der Waals surface area contributed by atoms with Gasteiger partial charge >= 0.3 is 5.97 Å². The van der Waals surface area contributed by atoms with Crippen molar-refractivity contribution in [1.29, 1.82) is 0 Å². The zero-order valence-corrected chi connectivity index (χ0v) is 13.4. The van der Waals surface area contributed by atoms with Gasteiger partial charge in [-0.2, -0.15) is 0 Å². The maximum Gasteiger partial charge on any atom is 0.306 e. The lowest BCUT2D eigenvalue weighted by Gasteiger charge is -2.26. The second-order valence-corrected chi connectivity index (χ2v) is 9.31. The largest absolute Gasteiger partial charge is 0.481 e. The molecule has 0 bridgehead atoms. The van der Waals surface area contributed by atoms with Gasteiger partial charge in [0.25, 0.3) is 0 Å². The zero-order valence-electron chi connectivity index (χ0n) is 11.8. The highest BCUT2D eigenvalue weighted by Crippen LogP contribution is 2.26. The van der Waals surface area contributed by atoms with Crippen molar-refractivity contribution in [2.75, 3.05) is 17.3 Å². The minimum absolute atomic E-state index is 0.0310. The van der Waals surface area contributed by atoms with Gasteiger partial charge in [-0.25, -0.2) is 8.42 Å². The van der Waals surface area contributed by atoms with Crippen molar-refractivity contribution >= 4 is 33.5 Å². The van der Waals surface area contributed by atoms with Crippen molar-refractivity contribution in [1.82, 2.24) is 5.32 Å². The SMILES string of the molecule is O=C(CSC1CCS(=O)(=O)C1)NC1CCC(C(=O)O)CC1. The smallest absolute Gasteiger partial charge is 0.306 e. The third-order valence-electron chi connectivity index (χ3n) is 4.08. The first-order valence-electron chi connectivity index (χ1n) is 7.20. The molecule has 21 heavy (non-hydrogen) atoms. The molecule has 1 heterocycles. The van der Waals surface area contributed by atoms with E-state index in [0.29, 0.717) is 32.1 Å². The highest BCUT2D eigenvalue weighted by molar-refractivity contribution is 8.02. The second-order valence-electron chi connectivity index (χ2n) is 5.79. The van der Waals surface area contributed by atoms with E-state index in [1.807, 2.05) is 0 Å². The lowest BCUT2D eigenvalue weighted by Crippen LogP contribution is -2.39. The van der Waals surface area contributed by atoms with Crippen LogP contribution in [0.1, 0.15) is 32.1 Å². The number of carbonyl (C=O) groups is 2. The molecule has 0 radical (unpaired) electrons. The number of carbonyl (C=O) groups excluding carboxylic acids is 1. The molecule has 8 heteroatoms. The lowest BCUT2D eigenvalue weighted by atomic mass is 9.86. The molecular weight excluding hydrogens is 314 g/mol. The third-order valence-corrected chi connectivity index (χ3v) is 7.36. The summed E-state index contributed by atoms with van der Waals surface area (Å²) in [5, 5.41) is 11.9. The predicted molar refractivity (Wildman–Crippen MR) is 81.0 cm³/mol. The lowest BCUT2D eigenvalue weighted by molar-refractivity contribution is -0.142. The van der Waals surface area contributed by atoms with Crippen LogP contribution in [0, 0.1) is 5.92 Å². The van der Waals surface area contributed by atoms with E-state index >= 15 is 0 Å². The molecule has 0 aromatic carbocycles. The zero-order chi connectivity index (χ0) is 15.5. The molecule has 1 atom stereocenters. The fourth-order valence-electron chi connectivity index (χ4n) is 2.84. The Hall–Kier alpha value is -0.760. The van der Waals surface area contributed by atoms with Gasteiger partial charge in [0.05, 0.1) is 23.2 Å². The molecular formula is C13H21NO5S2. The number of sulfone groups is 1. The fourth-order valence-corrected chi connectivity index (χ4v) is 6.29. The predicted octanol–water partition coefficient (Wildman–Crippen LogP) is 0.666. The van der Waals surface area contributed by atoms with Gasteiger partial charge in [0.15, 0.2) is 9.84 Å². The van der Waals surface area contributed by atoms with Crippen molar-refractivity contribution in [3.63, 3.8) is 0 Å². The Morgan fingerprint density at radius 1 is 1.14 bits per heavy atom. The first-order valence-corrected chi connectivity index (χ1v) is 10.1. The number of aliphatic carboxylic acids is 1. The topological polar surface area (TPSA) is 101 Å². The van der Waals surface area contributed by atoms with E-state index in [1.54, 1.807) is 0 Å². The summed E-state index contributed by atoms with van der Waals surface area (Å²) in [6.07, 6.45) is 3.24. The summed E-state index contributed by atoms with van der Waals surface area (Å²) >= 11 is 1.40. The summed E-state index contributed by atoms with van der Waals surface area (Å²) in [6, 6.07) is 0.0565. The van der Waals surface area contributed by atoms with Crippen LogP contribution < -0.4 is 5.32 Å². The summed E-state index contributed by atoms with van der Waals surface area (Å²) in [5.74, 6) is -0.434. The van der Waals surface area contributed by atoms with Crippen LogP contribution in [0.15, 0.2) is 0 Å². The van der Waals surface area contributed by atoms with E-state index in [2.05, 4.69) is 5.32 Å². The number of hydrogen-bond acceptors (Lipinski definition) is 5. The summed E-state index contributed by atoms with van der Waals surface area (Å²) in [7, 11) is -2.89. The molecule has 2 rings (SSSR count). The average Bonchev–Trinajstić information content (AvgIpc) is 2.77. The molecule has 0 aromatic heterocycles. The van der Waals surface area contributed by atoms with Gasteiger partial charge < -0.3 is 10.4 Å². The minimum Gasteiger partial charge on any atom is -0.481 e. The highest BCUT2D eigenvalue weighted by Gasteiger charge is 2.29. The molecule has 1 aliphatic carbocycles. The van der Waals surface area contributed by atoms with Crippen LogP contribution in [0.5, 0.6) is 0 Å². The number of rotatable bonds is 5. The molecule has 0 spiro atoms. The second kappa shape index (κ2) is 7.00. The van der Waals surface area contributed by atoms with Crippen molar-refractivity contribution < 1.29 is 23.1 Å². The Kier molecular flexibility index (Phi) is 5.54. The van der Waals surface area contributed by atoms with E-state index in [1.165, 1.54) is 11.8 Å². The van der Waals surface area contributed by atoms with E-state index in [9.17, 15) is 18.0 Å². The van der Waals surface area contributed by atoms with Crippen molar-refractivity contribution in [3.8, 4) is 0 Å². The maximum atomic E-state index is 11.8. The van der Waals surface area contributed by atoms with E-state index in [4.69, 9.17) is 5.11 Å².